The summed E-state index contributed by atoms with van der Waals surface area (Å²) in [7, 11) is 0. The summed E-state index contributed by atoms with van der Waals surface area (Å²) in [6.45, 7) is 5.28. The maximum absolute atomic E-state index is 12.3. The third-order valence-corrected chi connectivity index (χ3v) is 4.93. The zero-order valence-electron chi connectivity index (χ0n) is 12.0. The Morgan fingerprint density at radius 1 is 1.20 bits per heavy atom. The van der Waals surface area contributed by atoms with Crippen LogP contribution in [0.2, 0.25) is 0 Å². The van der Waals surface area contributed by atoms with Crippen molar-refractivity contribution < 1.29 is 4.79 Å². The summed E-state index contributed by atoms with van der Waals surface area (Å²) < 4.78 is 2.24. The number of carbonyl (C=O) groups is 1. The molecule has 1 aliphatic heterocycles. The standard InChI is InChI=1S/C14H20BrN3O2/c1-10-13(15)11(2)18(14(20)16-10)9-12(19)17-7-5-3-4-6-8-17/h3-9H2,1-2H3. The van der Waals surface area contributed by atoms with Gasteiger partial charge in [0.1, 0.15) is 6.54 Å². The van der Waals surface area contributed by atoms with E-state index in [1.807, 2.05) is 11.8 Å². The SMILES string of the molecule is Cc1nc(=O)n(CC(=O)N2CCCCCC2)c(C)c1Br. The summed E-state index contributed by atoms with van der Waals surface area (Å²) in [5.41, 5.74) is 1.06. The second-order valence-corrected chi connectivity index (χ2v) is 6.05. The maximum Gasteiger partial charge on any atom is 0.348 e. The van der Waals surface area contributed by atoms with Gasteiger partial charge in [-0.2, -0.15) is 4.98 Å². The highest BCUT2D eigenvalue weighted by molar-refractivity contribution is 9.10. The highest BCUT2D eigenvalue weighted by Gasteiger charge is 2.18. The lowest BCUT2D eigenvalue weighted by Gasteiger charge is -2.21. The lowest BCUT2D eigenvalue weighted by atomic mass is 10.2. The zero-order chi connectivity index (χ0) is 14.7. The summed E-state index contributed by atoms with van der Waals surface area (Å²) in [6, 6.07) is 0. The molecule has 1 fully saturated rings. The highest BCUT2D eigenvalue weighted by atomic mass is 79.9. The van der Waals surface area contributed by atoms with E-state index in [2.05, 4.69) is 20.9 Å². The molecule has 110 valence electrons. The minimum absolute atomic E-state index is 0.00894. The summed E-state index contributed by atoms with van der Waals surface area (Å²) >= 11 is 3.42. The predicted molar refractivity (Wildman–Crippen MR) is 80.7 cm³/mol. The van der Waals surface area contributed by atoms with Crippen molar-refractivity contribution in [3.05, 3.63) is 26.3 Å². The van der Waals surface area contributed by atoms with Crippen LogP contribution in [0.25, 0.3) is 0 Å². The molecule has 0 atom stereocenters. The van der Waals surface area contributed by atoms with Crippen LogP contribution in [0.15, 0.2) is 9.27 Å². The normalized spacial score (nSPS) is 16.1. The Labute approximate surface area is 127 Å². The van der Waals surface area contributed by atoms with Gasteiger partial charge < -0.3 is 4.90 Å². The van der Waals surface area contributed by atoms with E-state index in [9.17, 15) is 9.59 Å². The van der Waals surface area contributed by atoms with Crippen molar-refractivity contribution in [3.8, 4) is 0 Å². The van der Waals surface area contributed by atoms with Gasteiger partial charge in [-0.25, -0.2) is 4.79 Å². The van der Waals surface area contributed by atoms with Crippen LogP contribution in [0, 0.1) is 13.8 Å². The van der Waals surface area contributed by atoms with Crippen molar-refractivity contribution in [2.24, 2.45) is 0 Å². The number of hydrogen-bond acceptors (Lipinski definition) is 3. The molecule has 1 amide bonds. The van der Waals surface area contributed by atoms with Crippen LogP contribution in [0.5, 0.6) is 0 Å². The number of rotatable bonds is 2. The molecule has 1 saturated heterocycles. The number of carbonyl (C=O) groups excluding carboxylic acids is 1. The van der Waals surface area contributed by atoms with Crippen LogP contribution in [0.3, 0.4) is 0 Å². The molecule has 20 heavy (non-hydrogen) atoms. The lowest BCUT2D eigenvalue weighted by Crippen LogP contribution is -2.38. The van der Waals surface area contributed by atoms with Crippen LogP contribution in [0.1, 0.15) is 37.1 Å². The van der Waals surface area contributed by atoms with Crippen LogP contribution >= 0.6 is 15.9 Å². The molecule has 0 N–H and O–H groups in total. The first-order valence-electron chi connectivity index (χ1n) is 7.02. The van der Waals surface area contributed by atoms with Gasteiger partial charge in [0, 0.05) is 18.8 Å². The average Bonchev–Trinajstić information content (AvgIpc) is 2.70. The molecule has 1 aromatic rings. The molecule has 0 spiro atoms. The number of amides is 1. The summed E-state index contributed by atoms with van der Waals surface area (Å²) in [5, 5.41) is 0. The van der Waals surface area contributed by atoms with Crippen LogP contribution in [-0.4, -0.2) is 33.4 Å². The van der Waals surface area contributed by atoms with Crippen LogP contribution in [0.4, 0.5) is 0 Å². The first-order valence-corrected chi connectivity index (χ1v) is 7.81. The van der Waals surface area contributed by atoms with E-state index >= 15 is 0 Å². The number of aromatic nitrogens is 2. The van der Waals surface area contributed by atoms with Gasteiger partial charge in [0.15, 0.2) is 0 Å². The average molecular weight is 342 g/mol. The highest BCUT2D eigenvalue weighted by Crippen LogP contribution is 2.17. The molecule has 2 rings (SSSR count). The molecule has 0 saturated carbocycles. The minimum atomic E-state index is -0.355. The largest absolute Gasteiger partial charge is 0.348 e. The molecule has 0 aliphatic carbocycles. The Morgan fingerprint density at radius 3 is 2.40 bits per heavy atom. The minimum Gasteiger partial charge on any atom is -0.341 e. The fourth-order valence-electron chi connectivity index (χ4n) is 2.52. The fourth-order valence-corrected chi connectivity index (χ4v) is 2.82. The molecule has 5 nitrogen and oxygen atoms in total. The molecular formula is C14H20BrN3O2. The molecular weight excluding hydrogens is 322 g/mol. The van der Waals surface area contributed by atoms with E-state index in [0.717, 1.165) is 36.1 Å². The van der Waals surface area contributed by atoms with Gasteiger partial charge >= 0.3 is 5.69 Å². The molecule has 1 aliphatic rings. The Morgan fingerprint density at radius 2 is 1.80 bits per heavy atom. The number of likely N-dealkylation sites (tertiary alicyclic amines) is 1. The van der Waals surface area contributed by atoms with E-state index in [1.54, 1.807) is 6.92 Å². The van der Waals surface area contributed by atoms with E-state index in [4.69, 9.17) is 0 Å². The van der Waals surface area contributed by atoms with Gasteiger partial charge in [-0.15, -0.1) is 0 Å². The van der Waals surface area contributed by atoms with Gasteiger partial charge in [0.2, 0.25) is 5.91 Å². The fraction of sp³-hybridized carbons (Fsp3) is 0.643. The van der Waals surface area contributed by atoms with Crippen molar-refractivity contribution in [2.45, 2.75) is 46.1 Å². The summed E-state index contributed by atoms with van der Waals surface area (Å²) in [5.74, 6) is 0.00894. The van der Waals surface area contributed by atoms with Gasteiger partial charge in [0.25, 0.3) is 0 Å². The second-order valence-electron chi connectivity index (χ2n) is 5.26. The van der Waals surface area contributed by atoms with Gasteiger partial charge in [0.05, 0.1) is 10.2 Å². The second kappa shape index (κ2) is 6.52. The zero-order valence-corrected chi connectivity index (χ0v) is 13.6. The number of aryl methyl sites for hydroxylation is 1. The maximum atomic E-state index is 12.3. The Kier molecular flexibility index (Phi) is 4.96. The number of hydrogen-bond donors (Lipinski definition) is 0. The quantitative estimate of drug-likeness (QED) is 0.826. The number of nitrogens with zero attached hydrogens (tertiary/aromatic N) is 3. The van der Waals surface area contributed by atoms with Gasteiger partial charge in [-0.3, -0.25) is 9.36 Å². The predicted octanol–water partition coefficient (Wildman–Crippen LogP) is 2.03. The topological polar surface area (TPSA) is 55.2 Å². The molecule has 0 bridgehead atoms. The van der Waals surface area contributed by atoms with E-state index in [1.165, 1.54) is 17.4 Å². The lowest BCUT2D eigenvalue weighted by molar-refractivity contribution is -0.131. The van der Waals surface area contributed by atoms with Crippen LogP contribution < -0.4 is 5.69 Å². The van der Waals surface area contributed by atoms with E-state index < -0.39 is 0 Å². The molecule has 0 aromatic carbocycles. The molecule has 6 heteroatoms. The van der Waals surface area contributed by atoms with Gasteiger partial charge in [-0.05, 0) is 42.6 Å². The van der Waals surface area contributed by atoms with E-state index in [-0.39, 0.29) is 18.1 Å². The monoisotopic (exact) mass is 341 g/mol. The van der Waals surface area contributed by atoms with Crippen molar-refractivity contribution >= 4 is 21.8 Å². The number of halogens is 1. The first-order chi connectivity index (χ1) is 9.50. The van der Waals surface area contributed by atoms with Crippen molar-refractivity contribution in [2.75, 3.05) is 13.1 Å². The van der Waals surface area contributed by atoms with Crippen molar-refractivity contribution in [3.63, 3.8) is 0 Å². The first kappa shape index (κ1) is 15.2. The van der Waals surface area contributed by atoms with Crippen LogP contribution in [-0.2, 0) is 11.3 Å². The van der Waals surface area contributed by atoms with Crippen molar-refractivity contribution in [1.29, 1.82) is 0 Å². The van der Waals surface area contributed by atoms with Gasteiger partial charge in [-0.1, -0.05) is 12.8 Å². The molecule has 2 heterocycles. The third-order valence-electron chi connectivity index (χ3n) is 3.79. The molecule has 0 radical (unpaired) electrons. The summed E-state index contributed by atoms with van der Waals surface area (Å²) in [4.78, 5) is 30.1. The summed E-state index contributed by atoms with van der Waals surface area (Å²) in [6.07, 6.45) is 4.46. The molecule has 1 aromatic heterocycles. The Hall–Kier alpha value is -1.17. The van der Waals surface area contributed by atoms with Crippen molar-refractivity contribution in [1.82, 2.24) is 14.5 Å². The Balaban J connectivity index is 2.19. The smallest absolute Gasteiger partial charge is 0.341 e. The Bertz CT molecular complexity index is 560. The molecule has 0 unspecified atom stereocenters. The van der Waals surface area contributed by atoms with E-state index in [0.29, 0.717) is 5.69 Å². The third kappa shape index (κ3) is 3.29.